The molecule has 2 aromatic heterocycles. The van der Waals surface area contributed by atoms with Crippen LogP contribution in [0.2, 0.25) is 0 Å². The first-order valence-corrected chi connectivity index (χ1v) is 9.20. The number of amides is 1. The Morgan fingerprint density at radius 3 is 2.27 bits per heavy atom. The summed E-state index contributed by atoms with van der Waals surface area (Å²) in [4.78, 5) is 19.5. The van der Waals surface area contributed by atoms with Crippen LogP contribution in [-0.2, 0) is 14.8 Å². The van der Waals surface area contributed by atoms with Crippen molar-refractivity contribution in [2.45, 2.75) is 18.7 Å². The molecule has 0 aliphatic rings. The van der Waals surface area contributed by atoms with Gasteiger partial charge in [0, 0.05) is 25.0 Å². The molecule has 3 rings (SSSR count). The average molecular weight is 371 g/mol. The van der Waals surface area contributed by atoms with Crippen LogP contribution in [0.25, 0.3) is 5.82 Å². The van der Waals surface area contributed by atoms with Gasteiger partial charge in [-0.1, -0.05) is 0 Å². The predicted molar refractivity (Wildman–Crippen MR) is 97.7 cm³/mol. The van der Waals surface area contributed by atoms with Crippen LogP contribution in [0.15, 0.2) is 59.9 Å². The Labute approximate surface area is 151 Å². The number of nitrogens with one attached hydrogen (secondary N) is 2. The van der Waals surface area contributed by atoms with Gasteiger partial charge in [-0.3, -0.25) is 14.1 Å². The molecule has 0 radical (unpaired) electrons. The van der Waals surface area contributed by atoms with Crippen LogP contribution in [0.5, 0.6) is 0 Å². The lowest BCUT2D eigenvalue weighted by Gasteiger charge is -2.10. The number of carbonyl (C=O) groups excluding carboxylic acids is 1. The second-order valence-corrected chi connectivity index (χ2v) is 7.24. The smallest absolute Gasteiger partial charge is 0.261 e. The third kappa shape index (κ3) is 3.89. The maximum atomic E-state index is 12.5. The third-order valence-electron chi connectivity index (χ3n) is 3.56. The molecular formula is C17H17N5O3S. The van der Waals surface area contributed by atoms with Crippen molar-refractivity contribution in [3.05, 3.63) is 60.8 Å². The van der Waals surface area contributed by atoms with Gasteiger partial charge in [-0.05, 0) is 43.3 Å². The molecule has 0 fully saturated rings. The molecule has 0 spiro atoms. The molecule has 8 nitrogen and oxygen atoms in total. The van der Waals surface area contributed by atoms with Crippen molar-refractivity contribution in [2.24, 2.45) is 0 Å². The molecule has 134 valence electrons. The van der Waals surface area contributed by atoms with Crippen LogP contribution in [0.1, 0.15) is 12.7 Å². The topological polar surface area (TPSA) is 106 Å². The molecule has 0 aliphatic carbocycles. The third-order valence-corrected chi connectivity index (χ3v) is 4.95. The predicted octanol–water partition coefficient (Wildman–Crippen LogP) is 2.33. The van der Waals surface area contributed by atoms with Crippen molar-refractivity contribution in [1.82, 2.24) is 14.5 Å². The second kappa shape index (κ2) is 6.96. The Balaban J connectivity index is 1.77. The number of rotatable bonds is 5. The van der Waals surface area contributed by atoms with Crippen molar-refractivity contribution in [3.8, 4) is 5.82 Å². The summed E-state index contributed by atoms with van der Waals surface area (Å²) in [6.07, 6.45) is 4.88. The highest BCUT2D eigenvalue weighted by atomic mass is 32.2. The van der Waals surface area contributed by atoms with Gasteiger partial charge in [-0.15, -0.1) is 0 Å². The van der Waals surface area contributed by atoms with Gasteiger partial charge < -0.3 is 5.32 Å². The maximum Gasteiger partial charge on any atom is 0.261 e. The largest absolute Gasteiger partial charge is 0.326 e. The summed E-state index contributed by atoms with van der Waals surface area (Å²) in [6, 6.07) is 9.23. The lowest BCUT2D eigenvalue weighted by Crippen LogP contribution is -2.13. The van der Waals surface area contributed by atoms with E-state index in [0.717, 1.165) is 5.82 Å². The van der Waals surface area contributed by atoms with Crippen LogP contribution < -0.4 is 10.0 Å². The number of pyridine rings is 1. The summed E-state index contributed by atoms with van der Waals surface area (Å²) in [5.74, 6) is 1.20. The number of nitrogens with zero attached hydrogens (tertiary/aromatic N) is 3. The molecule has 0 aliphatic heterocycles. The number of aryl methyl sites for hydroxylation is 1. The van der Waals surface area contributed by atoms with E-state index in [4.69, 9.17) is 0 Å². The summed E-state index contributed by atoms with van der Waals surface area (Å²) in [6.45, 7) is 3.23. The van der Waals surface area contributed by atoms with Gasteiger partial charge in [0.2, 0.25) is 5.91 Å². The summed E-state index contributed by atoms with van der Waals surface area (Å²) >= 11 is 0. The highest BCUT2D eigenvalue weighted by Crippen LogP contribution is 2.19. The monoisotopic (exact) mass is 371 g/mol. The summed E-state index contributed by atoms with van der Waals surface area (Å²) in [7, 11) is -3.76. The minimum atomic E-state index is -3.76. The van der Waals surface area contributed by atoms with Crippen LogP contribution in [-0.4, -0.2) is 28.9 Å². The van der Waals surface area contributed by atoms with E-state index in [1.807, 2.05) is 6.92 Å². The number of hydrogen-bond donors (Lipinski definition) is 2. The first-order valence-electron chi connectivity index (χ1n) is 7.72. The minimum Gasteiger partial charge on any atom is -0.326 e. The van der Waals surface area contributed by atoms with E-state index < -0.39 is 10.0 Å². The fourth-order valence-electron chi connectivity index (χ4n) is 2.34. The van der Waals surface area contributed by atoms with Crippen molar-refractivity contribution in [3.63, 3.8) is 0 Å². The highest BCUT2D eigenvalue weighted by molar-refractivity contribution is 7.92. The number of aromatic nitrogens is 3. The van der Waals surface area contributed by atoms with E-state index in [9.17, 15) is 13.2 Å². The zero-order valence-corrected chi connectivity index (χ0v) is 15.0. The van der Waals surface area contributed by atoms with Crippen molar-refractivity contribution < 1.29 is 13.2 Å². The molecule has 3 aromatic rings. The van der Waals surface area contributed by atoms with Gasteiger partial charge >= 0.3 is 0 Å². The van der Waals surface area contributed by atoms with Gasteiger partial charge in [-0.25, -0.2) is 18.4 Å². The quantitative estimate of drug-likeness (QED) is 0.716. The molecule has 26 heavy (non-hydrogen) atoms. The molecular weight excluding hydrogens is 354 g/mol. The van der Waals surface area contributed by atoms with Gasteiger partial charge in [-0.2, -0.15) is 0 Å². The molecule has 0 saturated carbocycles. The molecule has 0 bridgehead atoms. The second-order valence-electron chi connectivity index (χ2n) is 5.56. The minimum absolute atomic E-state index is 0.0844. The number of benzene rings is 1. The molecule has 1 amide bonds. The number of anilines is 2. The van der Waals surface area contributed by atoms with Crippen LogP contribution in [0, 0.1) is 6.92 Å². The number of sulfonamides is 1. The molecule has 1 aromatic carbocycles. The van der Waals surface area contributed by atoms with Crippen molar-refractivity contribution >= 4 is 27.3 Å². The fourth-order valence-corrected chi connectivity index (χ4v) is 3.39. The normalized spacial score (nSPS) is 11.2. The van der Waals surface area contributed by atoms with E-state index in [1.54, 1.807) is 29.1 Å². The molecule has 0 saturated heterocycles. The van der Waals surface area contributed by atoms with Gasteiger partial charge in [0.15, 0.2) is 0 Å². The summed E-state index contributed by atoms with van der Waals surface area (Å²) in [5, 5.41) is 2.59. The number of imidazole rings is 1. The lowest BCUT2D eigenvalue weighted by atomic mass is 10.3. The standard InChI is InChI=1S/C17H17N5O3S/c1-12-18-9-10-22(12)17-8-5-15(11-19-17)21-26(24,25)16-6-3-14(4-7-16)20-13(2)23/h3-11,21H,1-2H3,(H,20,23). The molecule has 9 heteroatoms. The first kappa shape index (κ1) is 17.6. The first-order chi connectivity index (χ1) is 12.3. The Hall–Kier alpha value is -3.20. The van der Waals surface area contributed by atoms with Gasteiger partial charge in [0.1, 0.15) is 11.6 Å². The van der Waals surface area contributed by atoms with Crippen LogP contribution >= 0.6 is 0 Å². The summed E-state index contributed by atoms with van der Waals surface area (Å²) in [5.41, 5.74) is 0.871. The Kier molecular flexibility index (Phi) is 4.72. The zero-order chi connectivity index (χ0) is 18.7. The molecule has 0 unspecified atom stereocenters. The molecule has 2 heterocycles. The maximum absolute atomic E-state index is 12.5. The Morgan fingerprint density at radius 1 is 1.04 bits per heavy atom. The van der Waals surface area contributed by atoms with Crippen LogP contribution in [0.4, 0.5) is 11.4 Å². The number of carbonyl (C=O) groups is 1. The fraction of sp³-hybridized carbons (Fsp3) is 0.118. The average Bonchev–Trinajstić information content (AvgIpc) is 3.01. The van der Waals surface area contributed by atoms with Crippen LogP contribution in [0.3, 0.4) is 0 Å². The summed E-state index contributed by atoms with van der Waals surface area (Å²) < 4.78 is 29.2. The van der Waals surface area contributed by atoms with E-state index in [0.29, 0.717) is 17.2 Å². The van der Waals surface area contributed by atoms with Crippen molar-refractivity contribution in [1.29, 1.82) is 0 Å². The van der Waals surface area contributed by atoms with E-state index in [2.05, 4.69) is 20.0 Å². The van der Waals surface area contributed by atoms with E-state index in [-0.39, 0.29) is 10.8 Å². The Morgan fingerprint density at radius 2 is 1.73 bits per heavy atom. The molecule has 0 atom stereocenters. The Bertz CT molecular complexity index is 1030. The van der Waals surface area contributed by atoms with E-state index >= 15 is 0 Å². The van der Waals surface area contributed by atoms with E-state index in [1.165, 1.54) is 37.4 Å². The molecule has 2 N–H and O–H groups in total. The van der Waals surface area contributed by atoms with Gasteiger partial charge in [0.05, 0.1) is 16.8 Å². The van der Waals surface area contributed by atoms with Gasteiger partial charge in [0.25, 0.3) is 10.0 Å². The lowest BCUT2D eigenvalue weighted by molar-refractivity contribution is -0.114. The SMILES string of the molecule is CC(=O)Nc1ccc(S(=O)(=O)Nc2ccc(-n3ccnc3C)nc2)cc1. The highest BCUT2D eigenvalue weighted by Gasteiger charge is 2.14. The van der Waals surface area contributed by atoms with Crippen molar-refractivity contribution in [2.75, 3.05) is 10.0 Å². The number of hydrogen-bond acceptors (Lipinski definition) is 5. The zero-order valence-electron chi connectivity index (χ0n) is 14.2.